The van der Waals surface area contributed by atoms with Crippen LogP contribution >= 0.6 is 0 Å². The Hall–Kier alpha value is -0.130. The maximum Gasteiger partial charge on any atom is 0.153 e. The summed E-state index contributed by atoms with van der Waals surface area (Å²) in [7, 11) is -2.96. The first-order chi connectivity index (χ1) is 7.31. The summed E-state index contributed by atoms with van der Waals surface area (Å²) in [4.78, 5) is 0. The maximum absolute atomic E-state index is 11.6. The highest BCUT2D eigenvalue weighted by atomic mass is 32.2. The van der Waals surface area contributed by atoms with E-state index in [0.717, 1.165) is 0 Å². The van der Waals surface area contributed by atoms with Gasteiger partial charge in [0, 0.05) is 19.2 Å². The molecule has 0 radical (unpaired) electrons. The molecule has 0 aliphatic rings. The smallest absolute Gasteiger partial charge is 0.153 e. The molecule has 98 valence electrons. The van der Waals surface area contributed by atoms with Gasteiger partial charge in [-0.1, -0.05) is 13.8 Å². The Morgan fingerprint density at radius 1 is 1.19 bits per heavy atom. The molecule has 16 heavy (non-hydrogen) atoms. The Balaban J connectivity index is 4.04. The lowest BCUT2D eigenvalue weighted by atomic mass is 10.0. The van der Waals surface area contributed by atoms with E-state index in [9.17, 15) is 8.42 Å². The standard InChI is InChI=1S/C11H25NO3S/c1-9(2)11(5-7-13)12-6-8-16(14,15)10(3)4/h9-13H,5-8H2,1-4H3. The van der Waals surface area contributed by atoms with E-state index in [4.69, 9.17) is 5.11 Å². The van der Waals surface area contributed by atoms with Gasteiger partial charge >= 0.3 is 0 Å². The predicted octanol–water partition coefficient (Wildman–Crippen LogP) is 0.806. The second kappa shape index (κ2) is 7.25. The van der Waals surface area contributed by atoms with Crippen LogP contribution in [0, 0.1) is 5.92 Å². The van der Waals surface area contributed by atoms with Crippen LogP contribution in [0.5, 0.6) is 0 Å². The van der Waals surface area contributed by atoms with Crippen LogP contribution < -0.4 is 5.32 Å². The van der Waals surface area contributed by atoms with Crippen LogP contribution in [-0.2, 0) is 9.84 Å². The lowest BCUT2D eigenvalue weighted by Gasteiger charge is -2.21. The molecular weight excluding hydrogens is 226 g/mol. The minimum atomic E-state index is -2.96. The molecule has 0 saturated carbocycles. The monoisotopic (exact) mass is 251 g/mol. The van der Waals surface area contributed by atoms with Crippen LogP contribution in [-0.4, -0.2) is 43.7 Å². The Bertz CT molecular complexity index is 273. The predicted molar refractivity (Wildman–Crippen MR) is 67.3 cm³/mol. The van der Waals surface area contributed by atoms with Crippen LogP contribution in [0.1, 0.15) is 34.1 Å². The number of aliphatic hydroxyl groups is 1. The first-order valence-electron chi connectivity index (χ1n) is 5.87. The molecule has 0 heterocycles. The van der Waals surface area contributed by atoms with Gasteiger partial charge in [0.2, 0.25) is 0 Å². The van der Waals surface area contributed by atoms with Gasteiger partial charge in [0.05, 0.1) is 11.0 Å². The van der Waals surface area contributed by atoms with Crippen molar-refractivity contribution in [3.8, 4) is 0 Å². The van der Waals surface area contributed by atoms with Gasteiger partial charge in [0.25, 0.3) is 0 Å². The summed E-state index contributed by atoms with van der Waals surface area (Å²) in [6, 6.07) is 0.187. The minimum absolute atomic E-state index is 0.132. The molecule has 1 unspecified atom stereocenters. The van der Waals surface area contributed by atoms with Crippen molar-refractivity contribution in [3.63, 3.8) is 0 Å². The molecule has 0 amide bonds. The third kappa shape index (κ3) is 5.82. The van der Waals surface area contributed by atoms with Crippen LogP contribution in [0.3, 0.4) is 0 Å². The molecule has 5 heteroatoms. The van der Waals surface area contributed by atoms with Gasteiger partial charge in [0.1, 0.15) is 0 Å². The SMILES string of the molecule is CC(C)C(CCO)NCCS(=O)(=O)C(C)C. The molecule has 2 N–H and O–H groups in total. The van der Waals surface area contributed by atoms with Gasteiger partial charge in [-0.15, -0.1) is 0 Å². The Labute approximate surface area is 99.4 Å². The first-order valence-corrected chi connectivity index (χ1v) is 7.58. The van der Waals surface area contributed by atoms with E-state index in [1.807, 2.05) is 0 Å². The van der Waals surface area contributed by atoms with Crippen molar-refractivity contribution in [1.82, 2.24) is 5.32 Å². The van der Waals surface area contributed by atoms with E-state index in [1.54, 1.807) is 13.8 Å². The van der Waals surface area contributed by atoms with Gasteiger partial charge in [-0.2, -0.15) is 0 Å². The third-order valence-electron chi connectivity index (χ3n) is 2.76. The van der Waals surface area contributed by atoms with E-state index in [1.165, 1.54) is 0 Å². The topological polar surface area (TPSA) is 66.4 Å². The molecule has 0 aliphatic carbocycles. The number of nitrogens with one attached hydrogen (secondary N) is 1. The van der Waals surface area contributed by atoms with E-state index in [2.05, 4.69) is 19.2 Å². The third-order valence-corrected chi connectivity index (χ3v) is 4.97. The van der Waals surface area contributed by atoms with E-state index in [-0.39, 0.29) is 23.7 Å². The van der Waals surface area contributed by atoms with Crippen molar-refractivity contribution in [2.24, 2.45) is 5.92 Å². The molecule has 4 nitrogen and oxygen atoms in total. The summed E-state index contributed by atoms with van der Waals surface area (Å²) < 4.78 is 23.1. The second-order valence-corrected chi connectivity index (χ2v) is 7.41. The molecule has 0 aromatic heterocycles. The van der Waals surface area contributed by atoms with E-state index < -0.39 is 9.84 Å². The molecule has 0 aromatic rings. The normalized spacial score (nSPS) is 14.7. The lowest BCUT2D eigenvalue weighted by Crippen LogP contribution is -2.38. The second-order valence-electron chi connectivity index (χ2n) is 4.73. The quantitative estimate of drug-likeness (QED) is 0.670. The summed E-state index contributed by atoms with van der Waals surface area (Å²) >= 11 is 0. The zero-order valence-corrected chi connectivity index (χ0v) is 11.5. The molecule has 0 saturated heterocycles. The Morgan fingerprint density at radius 3 is 2.12 bits per heavy atom. The fraction of sp³-hybridized carbons (Fsp3) is 1.00. The number of hydrogen-bond donors (Lipinski definition) is 2. The van der Waals surface area contributed by atoms with E-state index >= 15 is 0 Å². The minimum Gasteiger partial charge on any atom is -0.396 e. The molecule has 0 aromatic carbocycles. The fourth-order valence-corrected chi connectivity index (χ4v) is 2.31. The average molecular weight is 251 g/mol. The molecule has 0 bridgehead atoms. The maximum atomic E-state index is 11.6. The van der Waals surface area contributed by atoms with Crippen LogP contribution in [0.25, 0.3) is 0 Å². The number of aliphatic hydroxyl groups excluding tert-OH is 1. The largest absolute Gasteiger partial charge is 0.396 e. The van der Waals surface area contributed by atoms with Crippen LogP contribution in [0.15, 0.2) is 0 Å². The highest BCUT2D eigenvalue weighted by Crippen LogP contribution is 2.06. The highest BCUT2D eigenvalue weighted by Gasteiger charge is 2.17. The summed E-state index contributed by atoms with van der Waals surface area (Å²) in [6.07, 6.45) is 0.666. The number of rotatable bonds is 8. The van der Waals surface area contributed by atoms with Crippen LogP contribution in [0.2, 0.25) is 0 Å². The van der Waals surface area contributed by atoms with Crippen molar-refractivity contribution >= 4 is 9.84 Å². The van der Waals surface area contributed by atoms with Crippen LogP contribution in [0.4, 0.5) is 0 Å². The average Bonchev–Trinajstić information content (AvgIpc) is 2.15. The molecule has 0 spiro atoms. The first kappa shape index (κ1) is 15.9. The van der Waals surface area contributed by atoms with Crippen molar-refractivity contribution in [2.45, 2.75) is 45.4 Å². The highest BCUT2D eigenvalue weighted by molar-refractivity contribution is 7.92. The summed E-state index contributed by atoms with van der Waals surface area (Å²) in [5.41, 5.74) is 0. The van der Waals surface area contributed by atoms with Crippen molar-refractivity contribution in [3.05, 3.63) is 0 Å². The van der Waals surface area contributed by atoms with Gasteiger partial charge in [0.15, 0.2) is 9.84 Å². The van der Waals surface area contributed by atoms with Gasteiger partial charge < -0.3 is 10.4 Å². The van der Waals surface area contributed by atoms with Gasteiger partial charge in [-0.3, -0.25) is 0 Å². The molecule has 0 aliphatic heterocycles. The molecule has 0 fully saturated rings. The fourth-order valence-electron chi connectivity index (χ4n) is 1.43. The van der Waals surface area contributed by atoms with Crippen molar-refractivity contribution in [2.75, 3.05) is 18.9 Å². The van der Waals surface area contributed by atoms with Crippen molar-refractivity contribution in [1.29, 1.82) is 0 Å². The Morgan fingerprint density at radius 2 is 1.75 bits per heavy atom. The summed E-state index contributed by atoms with van der Waals surface area (Å²) in [5.74, 6) is 0.563. The number of hydrogen-bond acceptors (Lipinski definition) is 4. The summed E-state index contributed by atoms with van der Waals surface area (Å²) in [5, 5.41) is 11.8. The molecule has 0 rings (SSSR count). The lowest BCUT2D eigenvalue weighted by molar-refractivity contribution is 0.246. The number of sulfone groups is 1. The van der Waals surface area contributed by atoms with E-state index in [0.29, 0.717) is 18.9 Å². The van der Waals surface area contributed by atoms with Gasteiger partial charge in [-0.25, -0.2) is 8.42 Å². The zero-order chi connectivity index (χ0) is 12.8. The zero-order valence-electron chi connectivity index (χ0n) is 10.7. The Kier molecular flexibility index (Phi) is 7.19. The van der Waals surface area contributed by atoms with Crippen molar-refractivity contribution < 1.29 is 13.5 Å². The van der Waals surface area contributed by atoms with Gasteiger partial charge in [-0.05, 0) is 26.2 Å². The molecule has 1 atom stereocenters. The molecular formula is C11H25NO3S. The summed E-state index contributed by atoms with van der Waals surface area (Å²) in [6.45, 7) is 8.11.